The number of hydrogen-bond acceptors (Lipinski definition) is 8. The summed E-state index contributed by atoms with van der Waals surface area (Å²) < 4.78 is 52.1. The Labute approximate surface area is 185 Å². The molecule has 1 atom stereocenters. The summed E-state index contributed by atoms with van der Waals surface area (Å²) in [5.41, 5.74) is 0.113. The fourth-order valence-electron chi connectivity index (χ4n) is 2.80. The molecule has 11 nitrogen and oxygen atoms in total. The van der Waals surface area contributed by atoms with Crippen molar-refractivity contribution in [2.24, 2.45) is 0 Å². The number of carbonyl (C=O) groups is 1. The topological polar surface area (TPSA) is 161 Å². The third-order valence-corrected chi connectivity index (χ3v) is 6.91. The summed E-state index contributed by atoms with van der Waals surface area (Å²) in [6.45, 7) is 1.28. The standard InChI is InChI=1S/C19H17N3O8S2/c1-13-12-18(20-30-13)19(23)21(11-10-14-2-6-16(7-3-14)31(26)27)32(28,29)17-8-4-15(5-9-17)22(24)25/h2-9,12H,10-11H2,1H3,(H,26,27). The molecular weight excluding hydrogens is 462 g/mol. The first-order valence-corrected chi connectivity index (χ1v) is 11.6. The second-order valence-electron chi connectivity index (χ2n) is 6.60. The fourth-order valence-corrected chi connectivity index (χ4v) is 4.54. The quantitative estimate of drug-likeness (QED) is 0.291. The minimum atomic E-state index is -4.38. The first-order chi connectivity index (χ1) is 15.1. The molecule has 0 fully saturated rings. The van der Waals surface area contributed by atoms with Crippen molar-refractivity contribution in [3.63, 3.8) is 0 Å². The minimum absolute atomic E-state index is 0.104. The summed E-state index contributed by atoms with van der Waals surface area (Å²) in [5, 5.41) is 14.4. The second kappa shape index (κ2) is 9.38. The van der Waals surface area contributed by atoms with Gasteiger partial charge in [0.15, 0.2) is 16.8 Å². The third-order valence-electron chi connectivity index (χ3n) is 4.44. The number of aromatic nitrogens is 1. The maximum absolute atomic E-state index is 13.2. The van der Waals surface area contributed by atoms with E-state index in [0.29, 0.717) is 15.6 Å². The van der Waals surface area contributed by atoms with Crippen molar-refractivity contribution >= 4 is 32.7 Å². The SMILES string of the molecule is Cc1cc(C(=O)N(CCc2ccc(S(=O)O)cc2)S(=O)(=O)c2ccc([N+](=O)[O-])cc2)no1. The molecule has 0 saturated heterocycles. The van der Waals surface area contributed by atoms with Crippen molar-refractivity contribution in [3.05, 3.63) is 81.7 Å². The summed E-state index contributed by atoms with van der Waals surface area (Å²) in [6, 6.07) is 11.4. The van der Waals surface area contributed by atoms with Crippen molar-refractivity contribution < 1.29 is 31.4 Å². The van der Waals surface area contributed by atoms with Crippen LogP contribution in [0.4, 0.5) is 5.69 Å². The van der Waals surface area contributed by atoms with Crippen molar-refractivity contribution in [2.75, 3.05) is 6.54 Å². The molecule has 1 unspecified atom stereocenters. The summed E-state index contributed by atoms with van der Waals surface area (Å²) in [4.78, 5) is 23.0. The Kier molecular flexibility index (Phi) is 6.81. The molecule has 1 N–H and O–H groups in total. The Hall–Kier alpha value is -3.42. The predicted octanol–water partition coefficient (Wildman–Crippen LogP) is 2.55. The summed E-state index contributed by atoms with van der Waals surface area (Å²) >= 11 is -2.15. The molecule has 1 aromatic heterocycles. The van der Waals surface area contributed by atoms with Crippen LogP contribution in [0, 0.1) is 17.0 Å². The number of nitrogens with zero attached hydrogens (tertiary/aromatic N) is 3. The zero-order valence-corrected chi connectivity index (χ0v) is 18.2. The largest absolute Gasteiger partial charge is 0.361 e. The number of nitro benzene ring substituents is 1. The highest BCUT2D eigenvalue weighted by Crippen LogP contribution is 2.22. The highest BCUT2D eigenvalue weighted by atomic mass is 32.2. The van der Waals surface area contributed by atoms with Gasteiger partial charge in [-0.1, -0.05) is 17.3 Å². The van der Waals surface area contributed by atoms with Crippen LogP contribution in [0.15, 0.2) is 68.9 Å². The van der Waals surface area contributed by atoms with Gasteiger partial charge in [-0.15, -0.1) is 0 Å². The summed E-state index contributed by atoms with van der Waals surface area (Å²) in [7, 11) is -4.38. The normalized spacial score (nSPS) is 12.3. The maximum atomic E-state index is 13.2. The van der Waals surface area contributed by atoms with E-state index in [-0.39, 0.29) is 34.1 Å². The molecule has 0 bridgehead atoms. The molecule has 0 aliphatic carbocycles. The van der Waals surface area contributed by atoms with Gasteiger partial charge in [0.1, 0.15) is 5.76 Å². The first-order valence-electron chi connectivity index (χ1n) is 9.04. The van der Waals surface area contributed by atoms with E-state index < -0.39 is 31.9 Å². The monoisotopic (exact) mass is 479 g/mol. The molecular formula is C19H17N3O8S2. The van der Waals surface area contributed by atoms with E-state index in [0.717, 1.165) is 24.3 Å². The summed E-state index contributed by atoms with van der Waals surface area (Å²) in [6.07, 6.45) is 0.104. The number of aryl methyl sites for hydroxylation is 1. The fraction of sp³-hybridized carbons (Fsp3) is 0.158. The molecule has 0 saturated carbocycles. The molecule has 13 heteroatoms. The zero-order valence-electron chi connectivity index (χ0n) is 16.6. The molecule has 32 heavy (non-hydrogen) atoms. The van der Waals surface area contributed by atoms with Gasteiger partial charge in [-0.3, -0.25) is 14.9 Å². The number of benzene rings is 2. The molecule has 168 valence electrons. The Morgan fingerprint density at radius 3 is 2.31 bits per heavy atom. The number of sulfonamides is 1. The lowest BCUT2D eigenvalue weighted by atomic mass is 10.1. The Bertz CT molecular complexity index is 1270. The van der Waals surface area contributed by atoms with Gasteiger partial charge >= 0.3 is 0 Å². The minimum Gasteiger partial charge on any atom is -0.361 e. The average molecular weight is 479 g/mol. The Morgan fingerprint density at radius 2 is 1.81 bits per heavy atom. The third kappa shape index (κ3) is 5.07. The van der Waals surface area contributed by atoms with Crippen LogP contribution in [-0.4, -0.2) is 44.0 Å². The van der Waals surface area contributed by atoms with Crippen LogP contribution < -0.4 is 0 Å². The highest BCUT2D eigenvalue weighted by Gasteiger charge is 2.32. The molecule has 0 radical (unpaired) electrons. The van der Waals surface area contributed by atoms with Crippen LogP contribution >= 0.6 is 0 Å². The van der Waals surface area contributed by atoms with E-state index in [1.807, 2.05) is 0 Å². The maximum Gasteiger partial charge on any atom is 0.289 e. The van der Waals surface area contributed by atoms with E-state index in [9.17, 15) is 27.5 Å². The van der Waals surface area contributed by atoms with Crippen LogP contribution in [0.25, 0.3) is 0 Å². The molecule has 3 rings (SSSR count). The van der Waals surface area contributed by atoms with Gasteiger partial charge in [-0.25, -0.2) is 16.9 Å². The van der Waals surface area contributed by atoms with Gasteiger partial charge in [-0.05, 0) is 43.2 Å². The van der Waals surface area contributed by atoms with Gasteiger partial charge in [-0.2, -0.15) is 0 Å². The number of nitro groups is 1. The number of carbonyl (C=O) groups excluding carboxylic acids is 1. The zero-order chi connectivity index (χ0) is 23.5. The average Bonchev–Trinajstić information content (AvgIpc) is 3.20. The molecule has 1 heterocycles. The van der Waals surface area contributed by atoms with Crippen LogP contribution in [0.5, 0.6) is 0 Å². The van der Waals surface area contributed by atoms with Crippen molar-refractivity contribution in [1.82, 2.24) is 9.46 Å². The van der Waals surface area contributed by atoms with Gasteiger partial charge in [0.25, 0.3) is 21.6 Å². The number of non-ortho nitro benzene ring substituents is 1. The molecule has 0 aliphatic heterocycles. The lowest BCUT2D eigenvalue weighted by molar-refractivity contribution is -0.384. The van der Waals surface area contributed by atoms with E-state index in [4.69, 9.17) is 9.08 Å². The van der Waals surface area contributed by atoms with Gasteiger partial charge in [0, 0.05) is 24.7 Å². The van der Waals surface area contributed by atoms with Crippen LogP contribution in [-0.2, 0) is 27.5 Å². The Morgan fingerprint density at radius 1 is 1.19 bits per heavy atom. The number of rotatable bonds is 8. The molecule has 1 amide bonds. The Balaban J connectivity index is 1.93. The van der Waals surface area contributed by atoms with E-state index in [1.54, 1.807) is 19.1 Å². The molecule has 0 spiro atoms. The molecule has 3 aromatic rings. The van der Waals surface area contributed by atoms with Crippen LogP contribution in [0.2, 0.25) is 0 Å². The molecule has 0 aliphatic rings. The number of hydrogen-bond donors (Lipinski definition) is 1. The predicted molar refractivity (Wildman–Crippen MR) is 112 cm³/mol. The van der Waals surface area contributed by atoms with Crippen LogP contribution in [0.3, 0.4) is 0 Å². The van der Waals surface area contributed by atoms with Crippen molar-refractivity contribution in [1.29, 1.82) is 0 Å². The van der Waals surface area contributed by atoms with Crippen molar-refractivity contribution in [3.8, 4) is 0 Å². The van der Waals surface area contributed by atoms with Crippen molar-refractivity contribution in [2.45, 2.75) is 23.1 Å². The smallest absolute Gasteiger partial charge is 0.289 e. The van der Waals surface area contributed by atoms with Gasteiger partial charge in [0.05, 0.1) is 14.7 Å². The highest BCUT2D eigenvalue weighted by molar-refractivity contribution is 7.89. The number of amides is 1. The lowest BCUT2D eigenvalue weighted by Gasteiger charge is -2.21. The second-order valence-corrected chi connectivity index (χ2v) is 9.43. The van der Waals surface area contributed by atoms with Crippen LogP contribution in [0.1, 0.15) is 21.8 Å². The molecule has 2 aromatic carbocycles. The van der Waals surface area contributed by atoms with E-state index in [1.165, 1.54) is 18.2 Å². The first kappa shape index (κ1) is 23.2. The lowest BCUT2D eigenvalue weighted by Crippen LogP contribution is -2.38. The summed E-state index contributed by atoms with van der Waals surface area (Å²) in [5.74, 6) is -0.609. The van der Waals surface area contributed by atoms with E-state index in [2.05, 4.69) is 5.16 Å². The van der Waals surface area contributed by atoms with E-state index >= 15 is 0 Å². The van der Waals surface area contributed by atoms with Gasteiger partial charge < -0.3 is 9.08 Å². The van der Waals surface area contributed by atoms with Gasteiger partial charge in [0.2, 0.25) is 0 Å².